The molecule has 0 unspecified atom stereocenters. The van der Waals surface area contributed by atoms with Gasteiger partial charge in [-0.25, -0.2) is 0 Å². The van der Waals surface area contributed by atoms with Crippen molar-refractivity contribution < 1.29 is 10.0 Å². The van der Waals surface area contributed by atoms with Crippen LogP contribution < -0.4 is 5.32 Å². The molecule has 0 atom stereocenters. The number of hydrogen-bond donors (Lipinski definition) is 2. The summed E-state index contributed by atoms with van der Waals surface area (Å²) in [7, 11) is 1.87. The highest BCUT2D eigenvalue weighted by atomic mass is 16.6. The Balaban J connectivity index is 2.93. The van der Waals surface area contributed by atoms with Crippen LogP contribution in [0.3, 0.4) is 0 Å². The van der Waals surface area contributed by atoms with Crippen LogP contribution in [0.2, 0.25) is 0 Å². The topological polar surface area (TPSA) is 78.6 Å². The number of anilines is 1. The number of rotatable bonds is 8. The molecular weight excluding hydrogens is 246 g/mol. The summed E-state index contributed by atoms with van der Waals surface area (Å²) in [6.07, 6.45) is 0.989. The average molecular weight is 267 g/mol. The summed E-state index contributed by atoms with van der Waals surface area (Å²) in [5.74, 6) is 0. The smallest absolute Gasteiger partial charge is 0.269 e. The zero-order valence-corrected chi connectivity index (χ0v) is 11.4. The number of aliphatic hydroxyl groups is 1. The molecule has 0 bridgehead atoms. The first-order valence-corrected chi connectivity index (χ1v) is 6.39. The SMILES string of the molecule is CCCNc1ccc([N+](=O)[O-])cc1CN(C)CCO. The van der Waals surface area contributed by atoms with Crippen LogP contribution >= 0.6 is 0 Å². The summed E-state index contributed by atoms with van der Waals surface area (Å²) in [6.45, 7) is 4.07. The Kier molecular flexibility index (Phi) is 6.24. The molecule has 6 heteroatoms. The lowest BCUT2D eigenvalue weighted by atomic mass is 10.1. The first kappa shape index (κ1) is 15.4. The van der Waals surface area contributed by atoms with Crippen LogP contribution in [0.1, 0.15) is 18.9 Å². The molecule has 6 nitrogen and oxygen atoms in total. The minimum Gasteiger partial charge on any atom is -0.395 e. The van der Waals surface area contributed by atoms with Gasteiger partial charge in [-0.2, -0.15) is 0 Å². The number of nitro groups is 1. The van der Waals surface area contributed by atoms with Gasteiger partial charge >= 0.3 is 0 Å². The van der Waals surface area contributed by atoms with Crippen molar-refractivity contribution in [2.45, 2.75) is 19.9 Å². The van der Waals surface area contributed by atoms with Gasteiger partial charge in [0.2, 0.25) is 0 Å². The number of nitrogens with zero attached hydrogens (tertiary/aromatic N) is 2. The fourth-order valence-electron chi connectivity index (χ4n) is 1.80. The van der Waals surface area contributed by atoms with Gasteiger partial charge in [0.15, 0.2) is 0 Å². The minimum atomic E-state index is -0.390. The Labute approximate surface area is 113 Å². The van der Waals surface area contributed by atoms with Gasteiger partial charge in [-0.05, 0) is 25.1 Å². The Morgan fingerprint density at radius 2 is 2.21 bits per heavy atom. The first-order valence-electron chi connectivity index (χ1n) is 6.39. The van der Waals surface area contributed by atoms with Gasteiger partial charge in [-0.3, -0.25) is 15.0 Å². The highest BCUT2D eigenvalue weighted by Gasteiger charge is 2.12. The van der Waals surface area contributed by atoms with Crippen LogP contribution in [0.5, 0.6) is 0 Å². The molecule has 0 fully saturated rings. The fourth-order valence-corrected chi connectivity index (χ4v) is 1.80. The lowest BCUT2D eigenvalue weighted by molar-refractivity contribution is -0.384. The van der Waals surface area contributed by atoms with Gasteiger partial charge < -0.3 is 10.4 Å². The second kappa shape index (κ2) is 7.70. The van der Waals surface area contributed by atoms with Crippen molar-refractivity contribution >= 4 is 11.4 Å². The van der Waals surface area contributed by atoms with Crippen LogP contribution in [0, 0.1) is 10.1 Å². The lowest BCUT2D eigenvalue weighted by Crippen LogP contribution is -2.22. The third kappa shape index (κ3) is 4.84. The van der Waals surface area contributed by atoms with E-state index >= 15 is 0 Å². The van der Waals surface area contributed by atoms with Crippen LogP contribution in [0.25, 0.3) is 0 Å². The fraction of sp³-hybridized carbons (Fsp3) is 0.538. The maximum atomic E-state index is 10.8. The van der Waals surface area contributed by atoms with E-state index < -0.39 is 0 Å². The van der Waals surface area contributed by atoms with E-state index in [2.05, 4.69) is 12.2 Å². The number of benzene rings is 1. The quantitative estimate of drug-likeness (QED) is 0.555. The highest BCUT2D eigenvalue weighted by molar-refractivity contribution is 5.56. The lowest BCUT2D eigenvalue weighted by Gasteiger charge is -2.18. The Morgan fingerprint density at radius 3 is 2.79 bits per heavy atom. The summed E-state index contributed by atoms with van der Waals surface area (Å²) in [6, 6.07) is 4.84. The predicted octanol–water partition coefficient (Wildman–Crippen LogP) is 1.84. The molecule has 0 aromatic heterocycles. The summed E-state index contributed by atoms with van der Waals surface area (Å²) in [5, 5.41) is 23.0. The van der Waals surface area contributed by atoms with Gasteiger partial charge in [0, 0.05) is 37.5 Å². The normalized spacial score (nSPS) is 10.7. The largest absolute Gasteiger partial charge is 0.395 e. The standard InChI is InChI=1S/C13H21N3O3/c1-3-6-14-13-5-4-12(16(18)19)9-11(13)10-15(2)7-8-17/h4-5,9,14,17H,3,6-8,10H2,1-2H3. The summed E-state index contributed by atoms with van der Waals surface area (Å²) in [4.78, 5) is 12.4. The Hall–Kier alpha value is -1.66. The van der Waals surface area contributed by atoms with Crippen molar-refractivity contribution in [3.63, 3.8) is 0 Å². The molecule has 106 valence electrons. The van der Waals surface area contributed by atoms with Crippen molar-refractivity contribution in [2.24, 2.45) is 0 Å². The van der Waals surface area contributed by atoms with Crippen molar-refractivity contribution in [3.05, 3.63) is 33.9 Å². The molecule has 19 heavy (non-hydrogen) atoms. The molecule has 0 spiro atoms. The average Bonchev–Trinajstić information content (AvgIpc) is 2.37. The molecule has 0 saturated carbocycles. The van der Waals surface area contributed by atoms with E-state index in [-0.39, 0.29) is 17.2 Å². The molecular formula is C13H21N3O3. The van der Waals surface area contributed by atoms with Crippen LogP contribution in [-0.4, -0.2) is 41.7 Å². The third-order valence-corrected chi connectivity index (χ3v) is 2.79. The number of hydrogen-bond acceptors (Lipinski definition) is 5. The number of aliphatic hydroxyl groups excluding tert-OH is 1. The molecule has 1 aromatic carbocycles. The number of nitro benzene ring substituents is 1. The monoisotopic (exact) mass is 267 g/mol. The number of likely N-dealkylation sites (N-methyl/N-ethyl adjacent to an activating group) is 1. The van der Waals surface area contributed by atoms with E-state index in [9.17, 15) is 10.1 Å². The molecule has 0 aliphatic carbocycles. The predicted molar refractivity (Wildman–Crippen MR) is 75.3 cm³/mol. The third-order valence-electron chi connectivity index (χ3n) is 2.79. The summed E-state index contributed by atoms with van der Waals surface area (Å²) < 4.78 is 0. The van der Waals surface area contributed by atoms with Crippen molar-refractivity contribution in [3.8, 4) is 0 Å². The van der Waals surface area contributed by atoms with Crippen molar-refractivity contribution in [1.82, 2.24) is 4.90 Å². The second-order valence-corrected chi connectivity index (χ2v) is 4.49. The van der Waals surface area contributed by atoms with E-state index in [4.69, 9.17) is 5.11 Å². The van der Waals surface area contributed by atoms with Gasteiger partial charge in [0.1, 0.15) is 0 Å². The Bertz CT molecular complexity index is 424. The zero-order valence-electron chi connectivity index (χ0n) is 11.4. The zero-order chi connectivity index (χ0) is 14.3. The molecule has 1 aromatic rings. The van der Waals surface area contributed by atoms with Gasteiger partial charge in [-0.1, -0.05) is 6.92 Å². The first-order chi connectivity index (χ1) is 9.08. The molecule has 0 amide bonds. The molecule has 1 rings (SSSR count). The van der Waals surface area contributed by atoms with Gasteiger partial charge in [0.25, 0.3) is 5.69 Å². The summed E-state index contributed by atoms with van der Waals surface area (Å²) in [5.41, 5.74) is 1.88. The molecule has 0 aliphatic heterocycles. The summed E-state index contributed by atoms with van der Waals surface area (Å²) >= 11 is 0. The molecule has 0 heterocycles. The van der Waals surface area contributed by atoms with Gasteiger partial charge in [-0.15, -0.1) is 0 Å². The molecule has 0 aliphatic rings. The van der Waals surface area contributed by atoms with E-state index in [1.165, 1.54) is 6.07 Å². The highest BCUT2D eigenvalue weighted by Crippen LogP contribution is 2.23. The van der Waals surface area contributed by atoms with Gasteiger partial charge in [0.05, 0.1) is 11.5 Å². The molecule has 0 saturated heterocycles. The van der Waals surface area contributed by atoms with Crippen molar-refractivity contribution in [2.75, 3.05) is 32.1 Å². The number of non-ortho nitro benzene ring substituents is 1. The van der Waals surface area contributed by atoms with E-state index in [0.29, 0.717) is 13.1 Å². The van der Waals surface area contributed by atoms with E-state index in [0.717, 1.165) is 24.2 Å². The van der Waals surface area contributed by atoms with Crippen molar-refractivity contribution in [1.29, 1.82) is 0 Å². The van der Waals surface area contributed by atoms with Crippen LogP contribution in [-0.2, 0) is 6.54 Å². The molecule has 0 radical (unpaired) electrons. The van der Waals surface area contributed by atoms with Crippen LogP contribution in [0.15, 0.2) is 18.2 Å². The van der Waals surface area contributed by atoms with E-state index in [1.807, 2.05) is 11.9 Å². The van der Waals surface area contributed by atoms with Crippen LogP contribution in [0.4, 0.5) is 11.4 Å². The second-order valence-electron chi connectivity index (χ2n) is 4.49. The molecule has 2 N–H and O–H groups in total. The number of nitrogens with one attached hydrogen (secondary N) is 1. The minimum absolute atomic E-state index is 0.0726. The van der Waals surface area contributed by atoms with E-state index in [1.54, 1.807) is 12.1 Å². The maximum absolute atomic E-state index is 10.8. The Morgan fingerprint density at radius 1 is 1.47 bits per heavy atom. The maximum Gasteiger partial charge on any atom is 0.269 e.